The Labute approximate surface area is 115 Å². The third-order valence-corrected chi connectivity index (χ3v) is 2.38. The summed E-state index contributed by atoms with van der Waals surface area (Å²) in [5.74, 6) is -1.94. The lowest BCUT2D eigenvalue weighted by Gasteiger charge is -2.08. The lowest BCUT2D eigenvalue weighted by Crippen LogP contribution is -2.39. The van der Waals surface area contributed by atoms with Gasteiger partial charge in [0.2, 0.25) is 0 Å². The number of nitrogens with zero attached hydrogens (tertiary/aromatic N) is 1. The molecule has 0 bridgehead atoms. The average Bonchev–Trinajstić information content (AvgIpc) is 2.41. The number of carboxylic acids is 1. The van der Waals surface area contributed by atoms with Gasteiger partial charge in [0, 0.05) is 17.6 Å². The van der Waals surface area contributed by atoms with E-state index >= 15 is 0 Å². The molecule has 0 aliphatic heterocycles. The number of amides is 1. The second-order valence-corrected chi connectivity index (χ2v) is 3.97. The standard InChI is InChI=1S/C13H14N4O3/c1-8(13(19)20)17-12(18)9(6-14)7-16-11-4-2-10(15)3-5-11/h2-5,7-8,16H,15H2,1H3,(H,17,18)(H,19,20)/b9-7-. The molecule has 5 N–H and O–H groups in total. The Morgan fingerprint density at radius 3 is 2.50 bits per heavy atom. The molecule has 104 valence electrons. The highest BCUT2D eigenvalue weighted by atomic mass is 16.4. The van der Waals surface area contributed by atoms with Gasteiger partial charge in [0.15, 0.2) is 0 Å². The van der Waals surface area contributed by atoms with Crippen molar-refractivity contribution in [1.29, 1.82) is 5.26 Å². The van der Waals surface area contributed by atoms with Gasteiger partial charge < -0.3 is 21.5 Å². The van der Waals surface area contributed by atoms with E-state index in [-0.39, 0.29) is 5.57 Å². The van der Waals surface area contributed by atoms with Crippen LogP contribution in [0.5, 0.6) is 0 Å². The summed E-state index contributed by atoms with van der Waals surface area (Å²) in [6, 6.07) is 7.30. The van der Waals surface area contributed by atoms with Gasteiger partial charge in [0.05, 0.1) is 0 Å². The van der Waals surface area contributed by atoms with Crippen LogP contribution in [0.25, 0.3) is 0 Å². The van der Waals surface area contributed by atoms with Gasteiger partial charge in [-0.15, -0.1) is 0 Å². The number of hydrogen-bond acceptors (Lipinski definition) is 5. The Bertz CT molecular complexity index is 572. The zero-order chi connectivity index (χ0) is 15.1. The number of hydrogen-bond donors (Lipinski definition) is 4. The topological polar surface area (TPSA) is 128 Å². The average molecular weight is 274 g/mol. The van der Waals surface area contributed by atoms with E-state index in [2.05, 4.69) is 10.6 Å². The van der Waals surface area contributed by atoms with Crippen LogP contribution < -0.4 is 16.4 Å². The third kappa shape index (κ3) is 4.34. The maximum Gasteiger partial charge on any atom is 0.325 e. The normalized spacial score (nSPS) is 12.1. The van der Waals surface area contributed by atoms with E-state index in [1.807, 2.05) is 0 Å². The maximum atomic E-state index is 11.6. The molecule has 0 aromatic heterocycles. The minimum Gasteiger partial charge on any atom is -0.480 e. The Morgan fingerprint density at radius 2 is 2.00 bits per heavy atom. The van der Waals surface area contributed by atoms with Gasteiger partial charge in [0.25, 0.3) is 5.91 Å². The largest absolute Gasteiger partial charge is 0.480 e. The third-order valence-electron chi connectivity index (χ3n) is 2.38. The molecule has 7 nitrogen and oxygen atoms in total. The quantitative estimate of drug-likeness (QED) is 0.355. The van der Waals surface area contributed by atoms with Crippen molar-refractivity contribution in [3.05, 3.63) is 36.0 Å². The Kier molecular flexibility index (Phi) is 5.12. The summed E-state index contributed by atoms with van der Waals surface area (Å²) in [6.07, 6.45) is 1.20. The highest BCUT2D eigenvalue weighted by Crippen LogP contribution is 2.10. The van der Waals surface area contributed by atoms with Crippen molar-refractivity contribution < 1.29 is 14.7 Å². The van der Waals surface area contributed by atoms with Crippen LogP contribution in [0.2, 0.25) is 0 Å². The molecule has 0 spiro atoms. The number of carboxylic acid groups (broad SMARTS) is 1. The molecule has 0 fully saturated rings. The van der Waals surface area contributed by atoms with E-state index < -0.39 is 17.9 Å². The smallest absolute Gasteiger partial charge is 0.325 e. The number of carbonyl (C=O) groups is 2. The minimum absolute atomic E-state index is 0.227. The van der Waals surface area contributed by atoms with Gasteiger partial charge in [-0.05, 0) is 31.2 Å². The highest BCUT2D eigenvalue weighted by molar-refractivity contribution is 5.99. The molecule has 1 rings (SSSR count). The van der Waals surface area contributed by atoms with Crippen LogP contribution in [0.1, 0.15) is 6.92 Å². The minimum atomic E-state index is -1.18. The second kappa shape index (κ2) is 6.80. The first-order valence-corrected chi connectivity index (χ1v) is 5.70. The van der Waals surface area contributed by atoms with Crippen molar-refractivity contribution in [2.45, 2.75) is 13.0 Å². The van der Waals surface area contributed by atoms with E-state index in [0.29, 0.717) is 11.4 Å². The van der Waals surface area contributed by atoms with Crippen molar-refractivity contribution in [2.75, 3.05) is 11.1 Å². The van der Waals surface area contributed by atoms with Crippen molar-refractivity contribution in [3.8, 4) is 6.07 Å². The SMILES string of the molecule is CC(NC(=O)/C(C#N)=C\Nc1ccc(N)cc1)C(=O)O. The summed E-state index contributed by atoms with van der Waals surface area (Å²) in [5, 5.41) is 22.5. The zero-order valence-corrected chi connectivity index (χ0v) is 10.8. The number of nitrogens with two attached hydrogens (primary N) is 1. The molecular weight excluding hydrogens is 260 g/mol. The van der Waals surface area contributed by atoms with E-state index in [9.17, 15) is 9.59 Å². The van der Waals surface area contributed by atoms with E-state index in [1.54, 1.807) is 30.3 Å². The molecule has 20 heavy (non-hydrogen) atoms. The number of anilines is 2. The molecular formula is C13H14N4O3. The fraction of sp³-hybridized carbons (Fsp3) is 0.154. The Hall–Kier alpha value is -3.01. The summed E-state index contributed by atoms with van der Waals surface area (Å²) in [5.41, 5.74) is 6.53. The lowest BCUT2D eigenvalue weighted by atomic mass is 10.2. The molecule has 7 heteroatoms. The Morgan fingerprint density at radius 1 is 1.40 bits per heavy atom. The Balaban J connectivity index is 2.73. The molecule has 1 aromatic rings. The molecule has 1 atom stereocenters. The first-order valence-electron chi connectivity index (χ1n) is 5.70. The number of benzene rings is 1. The number of carbonyl (C=O) groups excluding carboxylic acids is 1. The molecule has 1 aromatic carbocycles. The van der Waals surface area contributed by atoms with Gasteiger partial charge in [-0.1, -0.05) is 0 Å². The van der Waals surface area contributed by atoms with Crippen molar-refractivity contribution in [3.63, 3.8) is 0 Å². The van der Waals surface area contributed by atoms with Crippen molar-refractivity contribution in [2.24, 2.45) is 0 Å². The monoisotopic (exact) mass is 274 g/mol. The first kappa shape index (κ1) is 15.0. The first-order chi connectivity index (χ1) is 9.43. The molecule has 0 saturated carbocycles. The number of nitriles is 1. The second-order valence-electron chi connectivity index (χ2n) is 3.97. The number of aliphatic carboxylic acids is 1. The molecule has 0 aliphatic carbocycles. The van der Waals surface area contributed by atoms with Gasteiger partial charge in [-0.25, -0.2) is 0 Å². The summed E-state index contributed by atoms with van der Waals surface area (Å²) < 4.78 is 0. The molecule has 0 radical (unpaired) electrons. The predicted octanol–water partition coefficient (Wildman–Crippen LogP) is 0.677. The van der Waals surface area contributed by atoms with Crippen LogP contribution in [0.3, 0.4) is 0 Å². The van der Waals surface area contributed by atoms with Crippen LogP contribution in [0, 0.1) is 11.3 Å². The fourth-order valence-electron chi connectivity index (χ4n) is 1.22. The summed E-state index contributed by atoms with van der Waals surface area (Å²) in [6.45, 7) is 1.31. The fourth-order valence-corrected chi connectivity index (χ4v) is 1.22. The van der Waals surface area contributed by atoms with Crippen LogP contribution in [-0.2, 0) is 9.59 Å². The molecule has 0 aliphatic rings. The van der Waals surface area contributed by atoms with Gasteiger partial charge in [-0.3, -0.25) is 9.59 Å². The maximum absolute atomic E-state index is 11.6. The lowest BCUT2D eigenvalue weighted by molar-refractivity contribution is -0.140. The van der Waals surface area contributed by atoms with Gasteiger partial charge >= 0.3 is 5.97 Å². The van der Waals surface area contributed by atoms with E-state index in [1.165, 1.54) is 13.1 Å². The van der Waals surface area contributed by atoms with Crippen molar-refractivity contribution in [1.82, 2.24) is 5.32 Å². The summed E-state index contributed by atoms with van der Waals surface area (Å²) in [4.78, 5) is 22.3. The van der Waals surface area contributed by atoms with E-state index in [0.717, 1.165) is 0 Å². The van der Waals surface area contributed by atoms with Gasteiger partial charge in [0.1, 0.15) is 17.7 Å². The summed E-state index contributed by atoms with van der Waals surface area (Å²) >= 11 is 0. The predicted molar refractivity (Wildman–Crippen MR) is 73.4 cm³/mol. The molecule has 0 heterocycles. The van der Waals surface area contributed by atoms with E-state index in [4.69, 9.17) is 16.1 Å². The zero-order valence-electron chi connectivity index (χ0n) is 10.8. The number of nitrogens with one attached hydrogen (secondary N) is 2. The molecule has 1 amide bonds. The van der Waals surface area contributed by atoms with Gasteiger partial charge in [-0.2, -0.15) is 5.26 Å². The van der Waals surface area contributed by atoms with Crippen LogP contribution in [0.15, 0.2) is 36.0 Å². The highest BCUT2D eigenvalue weighted by Gasteiger charge is 2.16. The molecule has 0 saturated heterocycles. The summed E-state index contributed by atoms with van der Waals surface area (Å²) in [7, 11) is 0. The van der Waals surface area contributed by atoms with Crippen LogP contribution in [-0.4, -0.2) is 23.0 Å². The number of nitrogen functional groups attached to an aromatic ring is 1. The van der Waals surface area contributed by atoms with Crippen LogP contribution in [0.4, 0.5) is 11.4 Å². The van der Waals surface area contributed by atoms with Crippen molar-refractivity contribution >= 4 is 23.3 Å². The number of rotatable bonds is 5. The molecule has 1 unspecified atom stereocenters. The van der Waals surface area contributed by atoms with Crippen LogP contribution >= 0.6 is 0 Å².